The van der Waals surface area contributed by atoms with Crippen molar-refractivity contribution >= 4 is 5.91 Å². The molecular weight excluding hydrogens is 362 g/mol. The van der Waals surface area contributed by atoms with E-state index in [-0.39, 0.29) is 23.3 Å². The number of likely N-dealkylation sites (tertiary alicyclic amines) is 1. The molecule has 1 atom stereocenters. The third-order valence-corrected chi connectivity index (χ3v) is 4.99. The molecule has 0 unspecified atom stereocenters. The molecule has 1 aromatic carbocycles. The molecule has 1 amide bonds. The quantitative estimate of drug-likeness (QED) is 0.718. The third-order valence-electron chi connectivity index (χ3n) is 4.99. The number of amides is 1. The lowest BCUT2D eigenvalue weighted by Crippen LogP contribution is -2.40. The fourth-order valence-electron chi connectivity index (χ4n) is 3.69. The highest BCUT2D eigenvalue weighted by Crippen LogP contribution is 2.25. The van der Waals surface area contributed by atoms with Gasteiger partial charge in [-0.3, -0.25) is 4.79 Å². The van der Waals surface area contributed by atoms with E-state index in [4.69, 9.17) is 9.26 Å². The van der Waals surface area contributed by atoms with E-state index >= 15 is 0 Å². The molecule has 0 aliphatic carbocycles. The molecule has 0 radical (unpaired) electrons. The van der Waals surface area contributed by atoms with Crippen LogP contribution >= 0.6 is 0 Å². The van der Waals surface area contributed by atoms with Crippen LogP contribution in [0.1, 0.15) is 29.2 Å². The molecule has 28 heavy (non-hydrogen) atoms. The number of nitrogens with zero attached hydrogens (tertiary/aromatic N) is 4. The summed E-state index contributed by atoms with van der Waals surface area (Å²) in [6.45, 7) is 1.25. The van der Waals surface area contributed by atoms with Gasteiger partial charge in [-0.05, 0) is 30.9 Å². The summed E-state index contributed by atoms with van der Waals surface area (Å²) in [7, 11) is 1.57. The number of ether oxygens (including phenoxy) is 1. The predicted octanol–water partition coefficient (Wildman–Crippen LogP) is 1.65. The van der Waals surface area contributed by atoms with Gasteiger partial charge < -0.3 is 14.2 Å². The van der Waals surface area contributed by atoms with Gasteiger partial charge in [0.25, 0.3) is 5.91 Å². The molecule has 1 saturated heterocycles. The van der Waals surface area contributed by atoms with E-state index in [0.29, 0.717) is 36.8 Å². The highest BCUT2D eigenvalue weighted by atomic mass is 16.5. The number of carbonyl (C=O) groups is 1. The molecule has 0 saturated carbocycles. The number of aromatic amines is 1. The van der Waals surface area contributed by atoms with Gasteiger partial charge in [0.15, 0.2) is 0 Å². The van der Waals surface area contributed by atoms with Gasteiger partial charge in [0, 0.05) is 25.6 Å². The SMILES string of the molecule is COc1ccccc1-n1c(C[C@@H]2CCCN(C(=O)c3ccno3)C2)n[nH]c1=O. The molecule has 1 aliphatic rings. The predicted molar refractivity (Wildman–Crippen MR) is 99.6 cm³/mol. The first-order valence-corrected chi connectivity index (χ1v) is 9.17. The molecule has 9 nitrogen and oxygen atoms in total. The fraction of sp³-hybridized carbons (Fsp3) is 0.368. The van der Waals surface area contributed by atoms with Gasteiger partial charge in [-0.1, -0.05) is 17.3 Å². The highest BCUT2D eigenvalue weighted by Gasteiger charge is 2.28. The highest BCUT2D eigenvalue weighted by molar-refractivity contribution is 5.91. The van der Waals surface area contributed by atoms with Gasteiger partial charge in [0.1, 0.15) is 11.6 Å². The zero-order valence-electron chi connectivity index (χ0n) is 15.5. The van der Waals surface area contributed by atoms with Crippen LogP contribution < -0.4 is 10.4 Å². The molecular formula is C19H21N5O4. The average molecular weight is 383 g/mol. The van der Waals surface area contributed by atoms with Crippen molar-refractivity contribution in [1.29, 1.82) is 0 Å². The van der Waals surface area contributed by atoms with E-state index in [9.17, 15) is 9.59 Å². The van der Waals surface area contributed by atoms with Crippen LogP contribution in [0.2, 0.25) is 0 Å². The molecule has 4 rings (SSSR count). The molecule has 2 aromatic heterocycles. The number of aromatic nitrogens is 4. The van der Waals surface area contributed by atoms with Crippen LogP contribution in [-0.4, -0.2) is 50.9 Å². The first-order valence-electron chi connectivity index (χ1n) is 9.17. The second-order valence-electron chi connectivity index (χ2n) is 6.79. The number of rotatable bonds is 5. The molecule has 3 aromatic rings. The number of piperidine rings is 1. The lowest BCUT2D eigenvalue weighted by Gasteiger charge is -2.32. The molecule has 0 bridgehead atoms. The lowest BCUT2D eigenvalue weighted by molar-refractivity contribution is 0.0630. The van der Waals surface area contributed by atoms with Gasteiger partial charge in [0.05, 0.1) is 19.0 Å². The van der Waals surface area contributed by atoms with Crippen molar-refractivity contribution in [3.63, 3.8) is 0 Å². The topological polar surface area (TPSA) is 106 Å². The Morgan fingerprint density at radius 3 is 3.00 bits per heavy atom. The minimum Gasteiger partial charge on any atom is -0.495 e. The largest absolute Gasteiger partial charge is 0.495 e. The number of hydrogen-bond donors (Lipinski definition) is 1. The van der Waals surface area contributed by atoms with Crippen LogP contribution in [0.15, 0.2) is 45.8 Å². The Labute approximate surface area is 160 Å². The summed E-state index contributed by atoms with van der Waals surface area (Å²) in [5, 5.41) is 10.4. The number of nitrogens with one attached hydrogen (secondary N) is 1. The number of para-hydroxylation sites is 2. The van der Waals surface area contributed by atoms with Crippen LogP contribution in [-0.2, 0) is 6.42 Å². The van der Waals surface area contributed by atoms with Crippen molar-refractivity contribution in [2.45, 2.75) is 19.3 Å². The van der Waals surface area contributed by atoms with Gasteiger partial charge in [-0.25, -0.2) is 14.5 Å². The molecule has 1 aliphatic heterocycles. The van der Waals surface area contributed by atoms with Gasteiger partial charge in [0.2, 0.25) is 5.76 Å². The van der Waals surface area contributed by atoms with E-state index in [0.717, 1.165) is 12.8 Å². The Hall–Kier alpha value is -3.36. The average Bonchev–Trinajstić information content (AvgIpc) is 3.38. The van der Waals surface area contributed by atoms with Crippen LogP contribution in [0.3, 0.4) is 0 Å². The zero-order valence-corrected chi connectivity index (χ0v) is 15.5. The minimum atomic E-state index is -0.315. The summed E-state index contributed by atoms with van der Waals surface area (Å²) >= 11 is 0. The van der Waals surface area contributed by atoms with Crippen molar-refractivity contribution in [1.82, 2.24) is 24.8 Å². The normalized spacial score (nSPS) is 16.9. The van der Waals surface area contributed by atoms with Crippen LogP contribution in [0.4, 0.5) is 0 Å². The van der Waals surface area contributed by atoms with Crippen molar-refractivity contribution < 1.29 is 14.1 Å². The van der Waals surface area contributed by atoms with Crippen molar-refractivity contribution in [3.05, 3.63) is 58.6 Å². The van der Waals surface area contributed by atoms with Crippen LogP contribution in [0.25, 0.3) is 5.69 Å². The van der Waals surface area contributed by atoms with E-state index in [2.05, 4.69) is 15.4 Å². The first-order chi connectivity index (χ1) is 13.7. The maximum atomic E-state index is 12.5. The summed E-state index contributed by atoms with van der Waals surface area (Å²) in [4.78, 5) is 26.7. The summed E-state index contributed by atoms with van der Waals surface area (Å²) in [5.41, 5.74) is 0.328. The smallest absolute Gasteiger partial charge is 0.348 e. The second-order valence-corrected chi connectivity index (χ2v) is 6.79. The molecule has 146 valence electrons. The molecule has 0 spiro atoms. The summed E-state index contributed by atoms with van der Waals surface area (Å²) in [5.74, 6) is 1.48. The minimum absolute atomic E-state index is 0.161. The van der Waals surface area contributed by atoms with Crippen molar-refractivity contribution in [2.75, 3.05) is 20.2 Å². The fourth-order valence-corrected chi connectivity index (χ4v) is 3.69. The lowest BCUT2D eigenvalue weighted by atomic mass is 9.94. The van der Waals surface area contributed by atoms with E-state index in [1.807, 2.05) is 18.2 Å². The molecule has 1 N–H and O–H groups in total. The third kappa shape index (κ3) is 3.42. The standard InChI is InChI=1S/C19H21N5O4/c1-27-15-7-3-2-6-14(15)24-17(21-22-19(24)26)11-13-5-4-10-23(12-13)18(25)16-8-9-20-28-16/h2-3,6-9,13H,4-5,10-12H2,1H3,(H,22,26)/t13-/m0/s1. The number of methoxy groups -OCH3 is 1. The maximum absolute atomic E-state index is 12.5. The van der Waals surface area contributed by atoms with Gasteiger partial charge in [-0.15, -0.1) is 0 Å². The van der Waals surface area contributed by atoms with Gasteiger partial charge >= 0.3 is 5.69 Å². The Bertz CT molecular complexity index is 1010. The number of H-pyrrole nitrogens is 1. The Morgan fingerprint density at radius 2 is 2.21 bits per heavy atom. The Kier molecular flexibility index (Phi) is 4.96. The van der Waals surface area contributed by atoms with E-state index in [1.165, 1.54) is 10.8 Å². The van der Waals surface area contributed by atoms with E-state index < -0.39 is 0 Å². The number of benzene rings is 1. The first kappa shape index (κ1) is 18.0. The van der Waals surface area contributed by atoms with Gasteiger partial charge in [-0.2, -0.15) is 5.10 Å². The monoisotopic (exact) mass is 383 g/mol. The van der Waals surface area contributed by atoms with Crippen LogP contribution in [0.5, 0.6) is 5.75 Å². The molecule has 9 heteroatoms. The van der Waals surface area contributed by atoms with E-state index in [1.54, 1.807) is 24.1 Å². The second kappa shape index (κ2) is 7.71. The maximum Gasteiger partial charge on any atom is 0.348 e. The summed E-state index contributed by atoms with van der Waals surface area (Å²) in [6.07, 6.45) is 3.86. The Balaban J connectivity index is 1.55. The molecule has 3 heterocycles. The number of carbonyl (C=O) groups excluding carboxylic acids is 1. The summed E-state index contributed by atoms with van der Waals surface area (Å²) in [6, 6.07) is 8.89. The molecule has 1 fully saturated rings. The number of hydrogen-bond acceptors (Lipinski definition) is 6. The summed E-state index contributed by atoms with van der Waals surface area (Å²) < 4.78 is 11.9. The van der Waals surface area contributed by atoms with Crippen LogP contribution in [0, 0.1) is 5.92 Å². The zero-order chi connectivity index (χ0) is 19.5. The van der Waals surface area contributed by atoms with Crippen molar-refractivity contribution in [3.8, 4) is 11.4 Å². The Morgan fingerprint density at radius 1 is 1.36 bits per heavy atom. The van der Waals surface area contributed by atoms with Crippen molar-refractivity contribution in [2.24, 2.45) is 5.92 Å².